The van der Waals surface area contributed by atoms with Crippen LogP contribution in [0.1, 0.15) is 13.3 Å². The van der Waals surface area contributed by atoms with E-state index < -0.39 is 24.1 Å². The number of likely N-dealkylation sites (tertiary alicyclic amines) is 1. The van der Waals surface area contributed by atoms with Gasteiger partial charge in [-0.15, -0.1) is 0 Å². The molecule has 7 nitrogen and oxygen atoms in total. The second-order valence-electron chi connectivity index (χ2n) is 4.89. The van der Waals surface area contributed by atoms with Gasteiger partial charge in [-0.05, 0) is 21.0 Å². The Labute approximate surface area is 106 Å². The summed E-state index contributed by atoms with van der Waals surface area (Å²) in [5.41, 5.74) is 0. The Morgan fingerprint density at radius 3 is 2.61 bits per heavy atom. The van der Waals surface area contributed by atoms with E-state index in [0.717, 1.165) is 0 Å². The maximum absolute atomic E-state index is 11.9. The summed E-state index contributed by atoms with van der Waals surface area (Å²) in [5.74, 6) is -1.08. The monoisotopic (exact) mass is 259 g/mol. The number of β-amino-alcohol motifs (C(OH)–C–C–N with tert-alkyl or cyclic N) is 1. The largest absolute Gasteiger partial charge is 0.480 e. The summed E-state index contributed by atoms with van der Waals surface area (Å²) < 4.78 is 0. The van der Waals surface area contributed by atoms with Crippen LogP contribution >= 0.6 is 0 Å². The van der Waals surface area contributed by atoms with Gasteiger partial charge in [0.25, 0.3) is 0 Å². The Morgan fingerprint density at radius 1 is 1.50 bits per heavy atom. The van der Waals surface area contributed by atoms with Crippen LogP contribution in [0.5, 0.6) is 0 Å². The van der Waals surface area contributed by atoms with Crippen LogP contribution in [0, 0.1) is 0 Å². The van der Waals surface area contributed by atoms with Crippen LogP contribution in [0.3, 0.4) is 0 Å². The number of rotatable bonds is 4. The summed E-state index contributed by atoms with van der Waals surface area (Å²) in [6.45, 7) is 2.46. The van der Waals surface area contributed by atoms with Crippen molar-refractivity contribution in [1.82, 2.24) is 15.1 Å². The normalized spacial score (nSPS) is 25.3. The maximum Gasteiger partial charge on any atom is 0.326 e. The van der Waals surface area contributed by atoms with Crippen LogP contribution in [0.4, 0.5) is 4.79 Å². The summed E-state index contributed by atoms with van der Waals surface area (Å²) in [7, 11) is 3.80. The zero-order chi connectivity index (χ0) is 13.9. The van der Waals surface area contributed by atoms with E-state index in [-0.39, 0.29) is 19.0 Å². The number of aliphatic hydroxyl groups excluding tert-OH is 1. The molecule has 1 saturated heterocycles. The molecule has 104 valence electrons. The summed E-state index contributed by atoms with van der Waals surface area (Å²) >= 11 is 0. The first kappa shape index (κ1) is 14.7. The standard InChI is InChI=1S/C11H21N3O4/c1-7(13(2)3)5-12-11(18)14-6-8(15)4-9(14)10(16)17/h7-9,15H,4-6H2,1-3H3,(H,12,18)(H,16,17). The number of hydrogen-bond acceptors (Lipinski definition) is 4. The van der Waals surface area contributed by atoms with E-state index in [1.807, 2.05) is 25.9 Å². The predicted octanol–water partition coefficient (Wildman–Crippen LogP) is -0.834. The number of carbonyl (C=O) groups excluding carboxylic acids is 1. The third-order valence-electron chi connectivity index (χ3n) is 3.26. The molecule has 1 heterocycles. The van der Waals surface area contributed by atoms with Crippen molar-refractivity contribution in [2.45, 2.75) is 31.5 Å². The number of amides is 2. The summed E-state index contributed by atoms with van der Waals surface area (Å²) in [5, 5.41) is 21.1. The molecule has 18 heavy (non-hydrogen) atoms. The number of carbonyl (C=O) groups is 2. The number of aliphatic hydroxyl groups is 1. The Balaban J connectivity index is 2.52. The Hall–Kier alpha value is -1.34. The number of hydrogen-bond donors (Lipinski definition) is 3. The molecule has 0 saturated carbocycles. The molecule has 7 heteroatoms. The summed E-state index contributed by atoms with van der Waals surface area (Å²) in [6.07, 6.45) is -0.672. The minimum atomic E-state index is -1.08. The molecule has 0 radical (unpaired) electrons. The van der Waals surface area contributed by atoms with Crippen molar-refractivity contribution in [2.24, 2.45) is 0 Å². The molecular weight excluding hydrogens is 238 g/mol. The van der Waals surface area contributed by atoms with Gasteiger partial charge in [0.2, 0.25) is 0 Å². The number of nitrogens with zero attached hydrogens (tertiary/aromatic N) is 2. The van der Waals surface area contributed by atoms with Crippen LogP contribution in [0.2, 0.25) is 0 Å². The maximum atomic E-state index is 11.9. The molecule has 0 aliphatic carbocycles. The van der Waals surface area contributed by atoms with Crippen molar-refractivity contribution in [3.8, 4) is 0 Å². The molecule has 0 aromatic carbocycles. The molecule has 3 N–H and O–H groups in total. The number of aliphatic carboxylic acids is 1. The smallest absolute Gasteiger partial charge is 0.326 e. The van der Waals surface area contributed by atoms with E-state index in [1.54, 1.807) is 0 Å². The van der Waals surface area contributed by atoms with E-state index in [9.17, 15) is 14.7 Å². The van der Waals surface area contributed by atoms with Crippen molar-refractivity contribution in [3.63, 3.8) is 0 Å². The van der Waals surface area contributed by atoms with Gasteiger partial charge >= 0.3 is 12.0 Å². The highest BCUT2D eigenvalue weighted by Crippen LogP contribution is 2.18. The summed E-state index contributed by atoms with van der Waals surface area (Å²) in [6, 6.07) is -1.22. The quantitative estimate of drug-likeness (QED) is 0.612. The Morgan fingerprint density at radius 2 is 2.11 bits per heavy atom. The van der Waals surface area contributed by atoms with E-state index in [1.165, 1.54) is 4.90 Å². The van der Waals surface area contributed by atoms with Crippen molar-refractivity contribution >= 4 is 12.0 Å². The lowest BCUT2D eigenvalue weighted by Gasteiger charge is -2.24. The number of likely N-dealkylation sites (N-methyl/N-ethyl adjacent to an activating group) is 1. The number of nitrogens with one attached hydrogen (secondary N) is 1. The third-order valence-corrected chi connectivity index (χ3v) is 3.26. The molecule has 0 bridgehead atoms. The van der Waals surface area contributed by atoms with Gasteiger partial charge in [-0.25, -0.2) is 9.59 Å². The molecule has 2 amide bonds. The molecule has 1 rings (SSSR count). The van der Waals surface area contributed by atoms with E-state index in [2.05, 4.69) is 5.32 Å². The van der Waals surface area contributed by atoms with Crippen LogP contribution < -0.4 is 5.32 Å². The highest BCUT2D eigenvalue weighted by molar-refractivity contribution is 5.83. The lowest BCUT2D eigenvalue weighted by molar-refractivity contribution is -0.141. The van der Waals surface area contributed by atoms with Crippen LogP contribution in [0.25, 0.3) is 0 Å². The molecule has 1 aliphatic heterocycles. The van der Waals surface area contributed by atoms with Crippen LogP contribution in [-0.4, -0.2) is 77.4 Å². The van der Waals surface area contributed by atoms with Crippen molar-refractivity contribution < 1.29 is 19.8 Å². The van der Waals surface area contributed by atoms with Crippen LogP contribution in [-0.2, 0) is 4.79 Å². The second kappa shape index (κ2) is 6.01. The van der Waals surface area contributed by atoms with Gasteiger partial charge in [0.15, 0.2) is 0 Å². The zero-order valence-electron chi connectivity index (χ0n) is 11.0. The number of carboxylic acid groups (broad SMARTS) is 1. The van der Waals surface area contributed by atoms with Crippen molar-refractivity contribution in [2.75, 3.05) is 27.2 Å². The van der Waals surface area contributed by atoms with Crippen LogP contribution in [0.15, 0.2) is 0 Å². The lowest BCUT2D eigenvalue weighted by atomic mass is 10.2. The first-order valence-corrected chi connectivity index (χ1v) is 5.94. The number of urea groups is 1. The van der Waals surface area contributed by atoms with E-state index >= 15 is 0 Å². The fraction of sp³-hybridized carbons (Fsp3) is 0.818. The molecule has 1 fully saturated rings. The Bertz CT molecular complexity index is 321. The highest BCUT2D eigenvalue weighted by Gasteiger charge is 2.38. The predicted molar refractivity (Wildman–Crippen MR) is 65.3 cm³/mol. The molecular formula is C11H21N3O4. The third kappa shape index (κ3) is 3.58. The fourth-order valence-electron chi connectivity index (χ4n) is 1.79. The molecule has 3 atom stereocenters. The van der Waals surface area contributed by atoms with Crippen molar-refractivity contribution in [1.29, 1.82) is 0 Å². The topological polar surface area (TPSA) is 93.1 Å². The van der Waals surface area contributed by atoms with Crippen molar-refractivity contribution in [3.05, 3.63) is 0 Å². The molecule has 0 spiro atoms. The second-order valence-corrected chi connectivity index (χ2v) is 4.89. The van der Waals surface area contributed by atoms with E-state index in [0.29, 0.717) is 6.54 Å². The van der Waals surface area contributed by atoms with E-state index in [4.69, 9.17) is 5.11 Å². The zero-order valence-corrected chi connectivity index (χ0v) is 11.0. The van der Waals surface area contributed by atoms with Gasteiger partial charge in [0, 0.05) is 25.6 Å². The molecule has 0 aromatic rings. The fourth-order valence-corrected chi connectivity index (χ4v) is 1.79. The first-order valence-electron chi connectivity index (χ1n) is 5.94. The molecule has 0 aromatic heterocycles. The minimum absolute atomic E-state index is 0.0686. The van der Waals surface area contributed by atoms with Gasteiger partial charge in [0.05, 0.1) is 6.10 Å². The highest BCUT2D eigenvalue weighted by atomic mass is 16.4. The first-order chi connectivity index (χ1) is 8.32. The average Bonchev–Trinajstić information content (AvgIpc) is 2.67. The van der Waals surface area contributed by atoms with Gasteiger partial charge in [-0.2, -0.15) is 0 Å². The lowest BCUT2D eigenvalue weighted by Crippen LogP contribution is -2.49. The number of carboxylic acids is 1. The van der Waals surface area contributed by atoms with Gasteiger partial charge in [0.1, 0.15) is 6.04 Å². The van der Waals surface area contributed by atoms with Gasteiger partial charge in [-0.3, -0.25) is 0 Å². The molecule has 3 unspecified atom stereocenters. The average molecular weight is 259 g/mol. The minimum Gasteiger partial charge on any atom is -0.480 e. The summed E-state index contributed by atoms with van der Waals surface area (Å²) in [4.78, 5) is 26.0. The SMILES string of the molecule is CC(CNC(=O)N1CC(O)CC1C(=O)O)N(C)C. The molecule has 1 aliphatic rings. The Kier molecular flexibility index (Phi) is 4.92. The van der Waals surface area contributed by atoms with Gasteiger partial charge < -0.3 is 25.3 Å². The van der Waals surface area contributed by atoms with Gasteiger partial charge in [-0.1, -0.05) is 0 Å².